The van der Waals surface area contributed by atoms with Gasteiger partial charge in [0.2, 0.25) is 0 Å². The number of hydrogen-bond acceptors (Lipinski definition) is 3. The molecule has 0 unspecified atom stereocenters. The first-order chi connectivity index (χ1) is 14.3. The number of carbonyl (C=O) groups is 2. The number of alkyl halides is 1. The number of ether oxygens (including phenoxy) is 1. The largest absolute Gasteiger partial charge is 0.491 e. The third-order valence-corrected chi connectivity index (χ3v) is 5.05. The molecule has 0 N–H and O–H groups in total. The van der Waals surface area contributed by atoms with Crippen LogP contribution in [0.25, 0.3) is 0 Å². The van der Waals surface area contributed by atoms with E-state index in [1.807, 2.05) is 52.8 Å². The molecule has 5 nitrogen and oxygen atoms in total. The van der Waals surface area contributed by atoms with Gasteiger partial charge in [-0.1, -0.05) is 41.9 Å². The molecule has 0 spiro atoms. The van der Waals surface area contributed by atoms with E-state index >= 15 is 0 Å². The second-order valence-corrected chi connectivity index (χ2v) is 8.39. The van der Waals surface area contributed by atoms with Gasteiger partial charge in [-0.3, -0.25) is 9.59 Å². The molecule has 2 rings (SSSR count). The Morgan fingerprint density at radius 2 is 1.57 bits per heavy atom. The van der Waals surface area contributed by atoms with Crippen molar-refractivity contribution in [1.82, 2.24) is 10.0 Å². The number of rotatable bonds is 8. The van der Waals surface area contributed by atoms with Crippen LogP contribution in [0.5, 0.6) is 5.75 Å². The lowest BCUT2D eigenvalue weighted by atomic mass is 10.1. The Morgan fingerprint density at radius 3 is 2.10 bits per heavy atom. The van der Waals surface area contributed by atoms with Gasteiger partial charge in [-0.25, -0.2) is 10.0 Å². The molecule has 0 saturated heterocycles. The number of nitrogens with zero attached hydrogens (tertiary/aromatic N) is 2. The summed E-state index contributed by atoms with van der Waals surface area (Å²) in [7, 11) is 0. The molecule has 2 aromatic rings. The zero-order valence-electron chi connectivity index (χ0n) is 18.4. The van der Waals surface area contributed by atoms with E-state index in [9.17, 15) is 9.59 Å². The van der Waals surface area contributed by atoms with Crippen LogP contribution in [0.15, 0.2) is 48.5 Å². The Bertz CT molecular complexity index is 850. The van der Waals surface area contributed by atoms with Crippen LogP contribution in [0.4, 0.5) is 0 Å². The van der Waals surface area contributed by atoms with Crippen LogP contribution in [0, 0.1) is 5.92 Å². The molecule has 30 heavy (non-hydrogen) atoms. The Kier molecular flexibility index (Phi) is 8.90. The maximum atomic E-state index is 13.4. The Morgan fingerprint density at radius 1 is 0.933 bits per heavy atom. The van der Waals surface area contributed by atoms with Gasteiger partial charge in [-0.15, -0.1) is 0 Å². The number of amides is 2. The van der Waals surface area contributed by atoms with E-state index in [0.29, 0.717) is 35.3 Å². The first-order valence-corrected chi connectivity index (χ1v) is 11.4. The van der Waals surface area contributed by atoms with E-state index in [1.54, 1.807) is 35.3 Å². The van der Waals surface area contributed by atoms with Gasteiger partial charge in [0.15, 0.2) is 0 Å². The van der Waals surface area contributed by atoms with Gasteiger partial charge in [0.1, 0.15) is 5.75 Å². The number of halogens is 1. The summed E-state index contributed by atoms with van der Waals surface area (Å²) in [5.74, 6) is 0.529. The van der Waals surface area contributed by atoms with E-state index < -0.39 is 0 Å². The Labute approximate surface area is 188 Å². The number of carbonyl (C=O) groups excluding carboxylic acids is 2. The standard InChI is InChI=1S/C24H31BrN2O3/c1-6-26(24(29)21-9-7-8-19(14-21)15-25)27(16-17(2)3)23(28)20-10-12-22(13-11-20)30-18(4)5/h7-14,17-18H,6,15-16H2,1-5H3. The van der Waals surface area contributed by atoms with Gasteiger partial charge in [-0.2, -0.15) is 0 Å². The highest BCUT2D eigenvalue weighted by molar-refractivity contribution is 9.08. The molecule has 0 saturated carbocycles. The fraction of sp³-hybridized carbons (Fsp3) is 0.417. The second-order valence-electron chi connectivity index (χ2n) is 7.83. The van der Waals surface area contributed by atoms with Gasteiger partial charge in [0.05, 0.1) is 6.10 Å². The average molecular weight is 475 g/mol. The molecule has 0 atom stereocenters. The van der Waals surface area contributed by atoms with Gasteiger partial charge < -0.3 is 4.74 Å². The van der Waals surface area contributed by atoms with Crippen molar-refractivity contribution in [2.24, 2.45) is 5.92 Å². The summed E-state index contributed by atoms with van der Waals surface area (Å²) in [6, 6.07) is 14.5. The summed E-state index contributed by atoms with van der Waals surface area (Å²) < 4.78 is 5.67. The van der Waals surface area contributed by atoms with E-state index in [-0.39, 0.29) is 23.8 Å². The third-order valence-electron chi connectivity index (χ3n) is 4.40. The van der Waals surface area contributed by atoms with Crippen LogP contribution in [0.3, 0.4) is 0 Å². The van der Waals surface area contributed by atoms with E-state index in [0.717, 1.165) is 5.56 Å². The van der Waals surface area contributed by atoms with Crippen LogP contribution < -0.4 is 4.74 Å². The molecular weight excluding hydrogens is 444 g/mol. The summed E-state index contributed by atoms with van der Waals surface area (Å²) in [6.07, 6.45) is 0.0625. The maximum Gasteiger partial charge on any atom is 0.272 e. The van der Waals surface area contributed by atoms with Crippen LogP contribution in [-0.2, 0) is 5.33 Å². The van der Waals surface area contributed by atoms with Crippen molar-refractivity contribution in [3.8, 4) is 5.75 Å². The van der Waals surface area contributed by atoms with Gasteiger partial charge >= 0.3 is 0 Å². The number of hydrogen-bond donors (Lipinski definition) is 0. The predicted molar refractivity (Wildman–Crippen MR) is 124 cm³/mol. The minimum absolute atomic E-state index is 0.0625. The molecule has 6 heteroatoms. The van der Waals surface area contributed by atoms with Crippen molar-refractivity contribution in [1.29, 1.82) is 0 Å². The normalized spacial score (nSPS) is 10.9. The topological polar surface area (TPSA) is 49.9 Å². The number of benzene rings is 2. The highest BCUT2D eigenvalue weighted by Crippen LogP contribution is 2.19. The lowest BCUT2D eigenvalue weighted by Gasteiger charge is -2.35. The Balaban J connectivity index is 2.33. The van der Waals surface area contributed by atoms with E-state index in [1.165, 1.54) is 5.01 Å². The van der Waals surface area contributed by atoms with E-state index in [2.05, 4.69) is 15.9 Å². The summed E-state index contributed by atoms with van der Waals surface area (Å²) in [5, 5.41) is 3.76. The molecular formula is C24H31BrN2O3. The highest BCUT2D eigenvalue weighted by Gasteiger charge is 2.27. The molecule has 0 heterocycles. The van der Waals surface area contributed by atoms with Crippen molar-refractivity contribution in [2.75, 3.05) is 13.1 Å². The van der Waals surface area contributed by atoms with Gasteiger partial charge in [0.25, 0.3) is 11.8 Å². The smallest absolute Gasteiger partial charge is 0.272 e. The molecule has 2 aromatic carbocycles. The SMILES string of the molecule is CCN(C(=O)c1cccc(CBr)c1)N(CC(C)C)C(=O)c1ccc(OC(C)C)cc1. The second kappa shape index (κ2) is 11.2. The molecule has 162 valence electrons. The molecule has 0 fully saturated rings. The van der Waals surface area contributed by atoms with Crippen molar-refractivity contribution >= 4 is 27.7 Å². The molecule has 2 amide bonds. The third kappa shape index (κ3) is 6.33. The van der Waals surface area contributed by atoms with E-state index in [4.69, 9.17) is 4.74 Å². The predicted octanol–water partition coefficient (Wildman–Crippen LogP) is 5.54. The molecule has 0 radical (unpaired) electrons. The van der Waals surface area contributed by atoms with Gasteiger partial charge in [-0.05, 0) is 68.7 Å². The maximum absolute atomic E-state index is 13.4. The van der Waals surface area contributed by atoms with Crippen LogP contribution >= 0.6 is 15.9 Å². The van der Waals surface area contributed by atoms with Crippen LogP contribution in [0.1, 0.15) is 60.9 Å². The monoisotopic (exact) mass is 474 g/mol. The zero-order valence-corrected chi connectivity index (χ0v) is 20.0. The highest BCUT2D eigenvalue weighted by atomic mass is 79.9. The summed E-state index contributed by atoms with van der Waals surface area (Å²) in [5.41, 5.74) is 2.10. The fourth-order valence-corrected chi connectivity index (χ4v) is 3.44. The molecule has 0 aromatic heterocycles. The average Bonchev–Trinajstić information content (AvgIpc) is 2.72. The zero-order chi connectivity index (χ0) is 22.3. The van der Waals surface area contributed by atoms with Crippen LogP contribution in [0.2, 0.25) is 0 Å². The first-order valence-electron chi connectivity index (χ1n) is 10.3. The summed E-state index contributed by atoms with van der Waals surface area (Å²) in [6.45, 7) is 10.7. The molecule has 0 bridgehead atoms. The minimum atomic E-state index is -0.202. The molecule has 0 aliphatic carbocycles. The quantitative estimate of drug-likeness (QED) is 0.372. The lowest BCUT2D eigenvalue weighted by Crippen LogP contribution is -2.51. The van der Waals surface area contributed by atoms with Gasteiger partial charge in [0, 0.05) is 29.5 Å². The van der Waals surface area contributed by atoms with Crippen molar-refractivity contribution in [3.63, 3.8) is 0 Å². The summed E-state index contributed by atoms with van der Waals surface area (Å²) >= 11 is 3.43. The van der Waals surface area contributed by atoms with Crippen LogP contribution in [-0.4, -0.2) is 41.0 Å². The van der Waals surface area contributed by atoms with Crippen molar-refractivity contribution < 1.29 is 14.3 Å². The lowest BCUT2D eigenvalue weighted by molar-refractivity contribution is -0.00597. The Hall–Kier alpha value is -2.34. The van der Waals surface area contributed by atoms with Crippen molar-refractivity contribution in [2.45, 2.75) is 46.1 Å². The minimum Gasteiger partial charge on any atom is -0.491 e. The van der Waals surface area contributed by atoms with Crippen molar-refractivity contribution in [3.05, 3.63) is 65.2 Å². The molecule has 0 aliphatic rings. The molecule has 0 aliphatic heterocycles. The number of hydrazine groups is 1. The summed E-state index contributed by atoms with van der Waals surface area (Å²) in [4.78, 5) is 26.6. The fourth-order valence-electron chi connectivity index (χ4n) is 3.09. The first kappa shape index (κ1) is 23.9.